The van der Waals surface area contributed by atoms with Crippen molar-refractivity contribution in [2.45, 2.75) is 6.42 Å². The highest BCUT2D eigenvalue weighted by molar-refractivity contribution is 6.30. The summed E-state index contributed by atoms with van der Waals surface area (Å²) in [7, 11) is 0. The van der Waals surface area contributed by atoms with Gasteiger partial charge in [0.05, 0.1) is 24.1 Å². The summed E-state index contributed by atoms with van der Waals surface area (Å²) in [6, 6.07) is 14.5. The van der Waals surface area contributed by atoms with Crippen LogP contribution in [-0.2, 0) is 0 Å². The molecule has 32 heavy (non-hydrogen) atoms. The van der Waals surface area contributed by atoms with Crippen LogP contribution >= 0.6 is 11.6 Å². The van der Waals surface area contributed by atoms with Gasteiger partial charge in [-0.15, -0.1) is 5.10 Å². The predicted octanol–water partition coefficient (Wildman–Crippen LogP) is 3.91. The van der Waals surface area contributed by atoms with E-state index in [0.29, 0.717) is 57.9 Å². The smallest absolute Gasteiger partial charge is 0.266 e. The molecule has 5 aromatic rings. The Morgan fingerprint density at radius 3 is 2.62 bits per heavy atom. The van der Waals surface area contributed by atoms with Crippen molar-refractivity contribution in [2.24, 2.45) is 0 Å². The van der Waals surface area contributed by atoms with E-state index in [1.54, 1.807) is 39.5 Å². The van der Waals surface area contributed by atoms with Crippen molar-refractivity contribution < 1.29 is 9.47 Å². The van der Waals surface area contributed by atoms with Gasteiger partial charge in [0.2, 0.25) is 0 Å². The molecule has 3 aromatic heterocycles. The summed E-state index contributed by atoms with van der Waals surface area (Å²) in [5.74, 6) is 2.27. The molecule has 0 fully saturated rings. The van der Waals surface area contributed by atoms with E-state index < -0.39 is 0 Å². The summed E-state index contributed by atoms with van der Waals surface area (Å²) in [6.07, 6.45) is 4.08. The standard InChI is InChI=1S/C23H16ClN5O3/c24-15-3-5-16(6-4-15)28-9-8-18-17(22(28)30)13-25-23-26-21(27-29(18)23)14-2-7-19-20(12-14)32-11-1-10-31-19/h2-9,12-13H,1,10-11H2. The lowest BCUT2D eigenvalue weighted by Gasteiger charge is -2.08. The van der Waals surface area contributed by atoms with Crippen LogP contribution in [0.1, 0.15) is 6.42 Å². The van der Waals surface area contributed by atoms with Crippen molar-refractivity contribution in [1.29, 1.82) is 0 Å². The van der Waals surface area contributed by atoms with Crippen molar-refractivity contribution in [1.82, 2.24) is 24.1 Å². The molecule has 2 aromatic carbocycles. The van der Waals surface area contributed by atoms with Gasteiger partial charge < -0.3 is 9.47 Å². The van der Waals surface area contributed by atoms with Gasteiger partial charge in [0.25, 0.3) is 11.3 Å². The summed E-state index contributed by atoms with van der Waals surface area (Å²) >= 11 is 5.97. The Kier molecular flexibility index (Phi) is 4.32. The Morgan fingerprint density at radius 1 is 0.969 bits per heavy atom. The maximum absolute atomic E-state index is 13.1. The molecule has 0 amide bonds. The van der Waals surface area contributed by atoms with E-state index >= 15 is 0 Å². The summed E-state index contributed by atoms with van der Waals surface area (Å²) in [4.78, 5) is 22.0. The molecule has 0 saturated heterocycles. The molecule has 8 nitrogen and oxygen atoms in total. The topological polar surface area (TPSA) is 83.5 Å². The van der Waals surface area contributed by atoms with Crippen LogP contribution < -0.4 is 15.0 Å². The molecule has 0 spiro atoms. The molecule has 0 N–H and O–H groups in total. The van der Waals surface area contributed by atoms with Crippen LogP contribution in [0.25, 0.3) is 33.8 Å². The number of halogens is 1. The quantitative estimate of drug-likeness (QED) is 0.409. The molecule has 1 aliphatic heterocycles. The zero-order chi connectivity index (χ0) is 21.7. The summed E-state index contributed by atoms with van der Waals surface area (Å²) in [5, 5.41) is 5.66. The second-order valence-electron chi connectivity index (χ2n) is 7.38. The lowest BCUT2D eigenvalue weighted by molar-refractivity contribution is 0.297. The number of hydrogen-bond donors (Lipinski definition) is 0. The first-order chi connectivity index (χ1) is 15.7. The Labute approximate surface area is 186 Å². The Balaban J connectivity index is 1.47. The van der Waals surface area contributed by atoms with E-state index in [4.69, 9.17) is 21.1 Å². The zero-order valence-electron chi connectivity index (χ0n) is 16.7. The minimum atomic E-state index is -0.202. The van der Waals surface area contributed by atoms with E-state index in [2.05, 4.69) is 15.1 Å². The van der Waals surface area contributed by atoms with Crippen LogP contribution in [0.15, 0.2) is 65.7 Å². The zero-order valence-corrected chi connectivity index (χ0v) is 17.5. The van der Waals surface area contributed by atoms with Gasteiger partial charge in [-0.1, -0.05) is 11.6 Å². The number of pyridine rings is 1. The molecule has 1 aliphatic rings. The monoisotopic (exact) mass is 445 g/mol. The van der Waals surface area contributed by atoms with Crippen LogP contribution in [-0.4, -0.2) is 37.4 Å². The molecule has 9 heteroatoms. The summed E-state index contributed by atoms with van der Waals surface area (Å²) in [6.45, 7) is 1.23. The van der Waals surface area contributed by atoms with Crippen LogP contribution in [0.3, 0.4) is 0 Å². The van der Waals surface area contributed by atoms with Gasteiger partial charge in [0.1, 0.15) is 0 Å². The van der Waals surface area contributed by atoms with Crippen molar-refractivity contribution >= 4 is 28.3 Å². The normalized spacial score (nSPS) is 13.4. The average molecular weight is 446 g/mol. The van der Waals surface area contributed by atoms with Crippen molar-refractivity contribution in [3.63, 3.8) is 0 Å². The molecule has 0 radical (unpaired) electrons. The third-order valence-corrected chi connectivity index (χ3v) is 5.60. The Morgan fingerprint density at radius 2 is 1.78 bits per heavy atom. The number of benzene rings is 2. The van der Waals surface area contributed by atoms with Gasteiger partial charge in [0, 0.05) is 35.1 Å². The number of fused-ring (bicyclic) bond motifs is 4. The fraction of sp³-hybridized carbons (Fsp3) is 0.130. The number of hydrogen-bond acceptors (Lipinski definition) is 6. The molecule has 0 saturated carbocycles. The maximum atomic E-state index is 13.1. The van der Waals surface area contributed by atoms with Gasteiger partial charge in [-0.2, -0.15) is 9.50 Å². The molecule has 0 aliphatic carbocycles. The Hall–Kier alpha value is -3.91. The fourth-order valence-electron chi connectivity index (χ4n) is 3.75. The highest BCUT2D eigenvalue weighted by Crippen LogP contribution is 2.33. The molecule has 4 heterocycles. The number of rotatable bonds is 2. The summed E-state index contributed by atoms with van der Waals surface area (Å²) in [5.41, 5.74) is 1.92. The van der Waals surface area contributed by atoms with Crippen molar-refractivity contribution in [3.05, 3.63) is 76.3 Å². The first-order valence-corrected chi connectivity index (χ1v) is 10.5. The van der Waals surface area contributed by atoms with Crippen molar-refractivity contribution in [3.8, 4) is 28.6 Å². The van der Waals surface area contributed by atoms with E-state index in [1.165, 1.54) is 6.20 Å². The van der Waals surface area contributed by atoms with Gasteiger partial charge in [-0.05, 0) is 48.5 Å². The maximum Gasteiger partial charge on any atom is 0.266 e. The highest BCUT2D eigenvalue weighted by Gasteiger charge is 2.16. The lowest BCUT2D eigenvalue weighted by Crippen LogP contribution is -2.18. The van der Waals surface area contributed by atoms with Crippen LogP contribution in [0.4, 0.5) is 0 Å². The van der Waals surface area contributed by atoms with Gasteiger partial charge in [0.15, 0.2) is 17.3 Å². The second-order valence-corrected chi connectivity index (χ2v) is 7.82. The van der Waals surface area contributed by atoms with Crippen molar-refractivity contribution in [2.75, 3.05) is 13.2 Å². The predicted molar refractivity (Wildman–Crippen MR) is 120 cm³/mol. The SMILES string of the molecule is O=c1c2cnc3nc(-c4ccc5c(c4)OCCCO5)nn3c2ccn1-c1ccc(Cl)cc1. The van der Waals surface area contributed by atoms with E-state index in [-0.39, 0.29) is 5.56 Å². The van der Waals surface area contributed by atoms with Gasteiger partial charge >= 0.3 is 0 Å². The number of nitrogens with zero attached hydrogens (tertiary/aromatic N) is 5. The number of ether oxygens (including phenoxy) is 2. The first kappa shape index (κ1) is 18.8. The molecule has 158 valence electrons. The second kappa shape index (κ2) is 7.35. The molecular formula is C23H16ClN5O3. The molecule has 6 rings (SSSR count). The molecule has 0 bridgehead atoms. The highest BCUT2D eigenvalue weighted by atomic mass is 35.5. The lowest BCUT2D eigenvalue weighted by atomic mass is 10.2. The average Bonchev–Trinajstić information content (AvgIpc) is 3.12. The van der Waals surface area contributed by atoms with Crippen LogP contribution in [0, 0.1) is 0 Å². The van der Waals surface area contributed by atoms with E-state index in [1.807, 2.05) is 24.3 Å². The molecule has 0 atom stereocenters. The third-order valence-electron chi connectivity index (χ3n) is 5.34. The van der Waals surface area contributed by atoms with Gasteiger partial charge in [-0.25, -0.2) is 4.98 Å². The minimum absolute atomic E-state index is 0.202. The minimum Gasteiger partial charge on any atom is -0.490 e. The Bertz CT molecular complexity index is 1540. The van der Waals surface area contributed by atoms with E-state index in [0.717, 1.165) is 12.0 Å². The first-order valence-electron chi connectivity index (χ1n) is 10.1. The van der Waals surface area contributed by atoms with Gasteiger partial charge in [-0.3, -0.25) is 9.36 Å². The largest absolute Gasteiger partial charge is 0.490 e. The van der Waals surface area contributed by atoms with Crippen LogP contribution in [0.2, 0.25) is 5.02 Å². The molecule has 0 unspecified atom stereocenters. The fourth-order valence-corrected chi connectivity index (χ4v) is 3.87. The molecular weight excluding hydrogens is 430 g/mol. The van der Waals surface area contributed by atoms with Crippen LogP contribution in [0.5, 0.6) is 11.5 Å². The van der Waals surface area contributed by atoms with E-state index in [9.17, 15) is 4.79 Å². The third kappa shape index (κ3) is 3.07. The number of aromatic nitrogens is 5. The summed E-state index contributed by atoms with van der Waals surface area (Å²) < 4.78 is 14.6.